The van der Waals surface area contributed by atoms with Crippen molar-refractivity contribution < 1.29 is 4.74 Å². The summed E-state index contributed by atoms with van der Waals surface area (Å²) in [5.74, 6) is 0.820. The summed E-state index contributed by atoms with van der Waals surface area (Å²) >= 11 is 3.43. The third kappa shape index (κ3) is 2.55. The zero-order valence-electron chi connectivity index (χ0n) is 14.2. The second kappa shape index (κ2) is 6.17. The average molecular weight is 414 g/mol. The summed E-state index contributed by atoms with van der Waals surface area (Å²) in [5.41, 5.74) is 1.24. The van der Waals surface area contributed by atoms with Gasteiger partial charge in [0, 0.05) is 18.6 Å². The van der Waals surface area contributed by atoms with Gasteiger partial charge in [-0.25, -0.2) is 4.79 Å². The minimum Gasteiger partial charge on any atom is -0.438 e. The minimum absolute atomic E-state index is 0.253. The van der Waals surface area contributed by atoms with Gasteiger partial charge in [0.15, 0.2) is 5.75 Å². The first-order valence-electron chi connectivity index (χ1n) is 8.06. The monoisotopic (exact) mass is 413 g/mol. The van der Waals surface area contributed by atoms with Gasteiger partial charge in [0.25, 0.3) is 5.56 Å². The first kappa shape index (κ1) is 16.7. The Labute approximate surface area is 157 Å². The molecule has 1 N–H and O–H groups in total. The molecular formula is C19H16BrN3O3. The van der Waals surface area contributed by atoms with Crippen LogP contribution in [0.2, 0.25) is 0 Å². The molecule has 0 amide bonds. The molecule has 1 aliphatic heterocycles. The van der Waals surface area contributed by atoms with E-state index in [2.05, 4.69) is 21.2 Å². The highest BCUT2D eigenvalue weighted by atomic mass is 79.9. The van der Waals surface area contributed by atoms with Gasteiger partial charge >= 0.3 is 5.69 Å². The van der Waals surface area contributed by atoms with Crippen molar-refractivity contribution in [2.75, 3.05) is 5.32 Å². The average Bonchev–Trinajstić information content (AvgIpc) is 2.82. The normalized spacial score (nSPS) is 15.3. The number of para-hydroxylation sites is 2. The van der Waals surface area contributed by atoms with E-state index in [1.807, 2.05) is 42.5 Å². The van der Waals surface area contributed by atoms with Crippen LogP contribution in [0.1, 0.15) is 17.2 Å². The van der Waals surface area contributed by atoms with E-state index in [4.69, 9.17) is 4.74 Å². The van der Waals surface area contributed by atoms with Gasteiger partial charge in [-0.15, -0.1) is 0 Å². The summed E-state index contributed by atoms with van der Waals surface area (Å²) in [6, 6.07) is 14.7. The van der Waals surface area contributed by atoms with Crippen molar-refractivity contribution in [3.63, 3.8) is 0 Å². The van der Waals surface area contributed by atoms with Gasteiger partial charge < -0.3 is 10.1 Å². The second-order valence-electron chi connectivity index (χ2n) is 6.15. The Bertz CT molecular complexity index is 1120. The molecule has 2 aromatic carbocycles. The smallest absolute Gasteiger partial charge is 0.333 e. The van der Waals surface area contributed by atoms with Crippen LogP contribution in [0.25, 0.3) is 0 Å². The number of aromatic nitrogens is 2. The van der Waals surface area contributed by atoms with Crippen LogP contribution >= 0.6 is 15.9 Å². The molecule has 0 spiro atoms. The van der Waals surface area contributed by atoms with Gasteiger partial charge in [0.1, 0.15) is 5.56 Å². The minimum atomic E-state index is -0.452. The maximum Gasteiger partial charge on any atom is 0.333 e. The fourth-order valence-corrected chi connectivity index (χ4v) is 3.40. The summed E-state index contributed by atoms with van der Waals surface area (Å²) in [7, 11) is 3.08. The Hall–Kier alpha value is -2.80. The number of nitrogens with one attached hydrogen (secondary N) is 1. The predicted octanol–water partition coefficient (Wildman–Crippen LogP) is 3.15. The van der Waals surface area contributed by atoms with Crippen LogP contribution in [0.5, 0.6) is 11.6 Å². The molecule has 0 saturated heterocycles. The number of anilines is 1. The van der Waals surface area contributed by atoms with Crippen molar-refractivity contribution >= 4 is 21.6 Å². The van der Waals surface area contributed by atoms with Crippen molar-refractivity contribution in [1.29, 1.82) is 0 Å². The molecule has 0 saturated carbocycles. The van der Waals surface area contributed by atoms with Gasteiger partial charge in [0.2, 0.25) is 5.88 Å². The fourth-order valence-electron chi connectivity index (χ4n) is 3.13. The topological polar surface area (TPSA) is 65.3 Å². The Kier molecular flexibility index (Phi) is 3.96. The zero-order chi connectivity index (χ0) is 18.4. The van der Waals surface area contributed by atoms with E-state index >= 15 is 0 Å². The highest BCUT2D eigenvalue weighted by Crippen LogP contribution is 2.40. The number of hydrogen-bond donors (Lipinski definition) is 1. The summed E-state index contributed by atoms with van der Waals surface area (Å²) in [6.07, 6.45) is 0. The van der Waals surface area contributed by atoms with Crippen LogP contribution in [0, 0.1) is 0 Å². The lowest BCUT2D eigenvalue weighted by Gasteiger charge is -2.20. The molecule has 1 aromatic heterocycles. The lowest BCUT2D eigenvalue weighted by Crippen LogP contribution is -2.40. The highest BCUT2D eigenvalue weighted by Gasteiger charge is 2.30. The van der Waals surface area contributed by atoms with Gasteiger partial charge in [-0.05, 0) is 29.8 Å². The molecular weight excluding hydrogens is 398 g/mol. The standard InChI is InChI=1S/C19H16BrN3O3/c1-22-17(24)15-16(11-7-9-12(20)10-8-11)21-13-5-3-4-6-14(13)26-18(15)23(2)19(22)25/h3-10,16,21H,1-2H3/t16-/m0/s1. The Balaban J connectivity index is 2.05. The summed E-state index contributed by atoms with van der Waals surface area (Å²) in [5, 5.41) is 3.40. The third-order valence-electron chi connectivity index (χ3n) is 4.53. The number of benzene rings is 2. The second-order valence-corrected chi connectivity index (χ2v) is 7.07. The quantitative estimate of drug-likeness (QED) is 0.665. The number of hydrogen-bond acceptors (Lipinski definition) is 4. The third-order valence-corrected chi connectivity index (χ3v) is 5.06. The van der Waals surface area contributed by atoms with Gasteiger partial charge in [0.05, 0.1) is 11.7 Å². The number of fused-ring (bicyclic) bond motifs is 2. The molecule has 0 unspecified atom stereocenters. The SMILES string of the molecule is Cn1c2c(c(=O)n(C)c1=O)[C@H](c1ccc(Br)cc1)Nc1ccccc1O2. The molecule has 2 heterocycles. The van der Waals surface area contributed by atoms with E-state index in [0.29, 0.717) is 11.3 Å². The summed E-state index contributed by atoms with van der Waals surface area (Å²) < 4.78 is 9.42. The Morgan fingerprint density at radius 2 is 1.69 bits per heavy atom. The van der Waals surface area contributed by atoms with Crippen LogP contribution in [0.15, 0.2) is 62.6 Å². The van der Waals surface area contributed by atoms with E-state index in [9.17, 15) is 9.59 Å². The number of ether oxygens (including phenoxy) is 1. The molecule has 132 valence electrons. The van der Waals surface area contributed by atoms with Crippen LogP contribution < -0.4 is 21.3 Å². The molecule has 0 aliphatic carbocycles. The maximum absolute atomic E-state index is 13.0. The number of rotatable bonds is 1. The number of nitrogens with zero attached hydrogens (tertiary/aromatic N) is 2. The van der Waals surface area contributed by atoms with Gasteiger partial charge in [-0.2, -0.15) is 0 Å². The largest absolute Gasteiger partial charge is 0.438 e. The van der Waals surface area contributed by atoms with Crippen molar-refractivity contribution in [2.45, 2.75) is 6.04 Å². The van der Waals surface area contributed by atoms with Gasteiger partial charge in [-0.1, -0.05) is 40.2 Å². The highest BCUT2D eigenvalue weighted by molar-refractivity contribution is 9.10. The Morgan fingerprint density at radius 1 is 1.00 bits per heavy atom. The van der Waals surface area contributed by atoms with Crippen LogP contribution in [0.3, 0.4) is 0 Å². The number of halogens is 1. The van der Waals surface area contributed by atoms with Crippen LogP contribution in [-0.2, 0) is 14.1 Å². The molecule has 0 bridgehead atoms. The molecule has 0 fully saturated rings. The van der Waals surface area contributed by atoms with Crippen molar-refractivity contribution in [3.05, 3.63) is 85.0 Å². The van der Waals surface area contributed by atoms with E-state index in [1.165, 1.54) is 11.6 Å². The molecule has 3 aromatic rings. The molecule has 4 rings (SSSR count). The first-order valence-corrected chi connectivity index (χ1v) is 8.85. The van der Waals surface area contributed by atoms with Crippen molar-refractivity contribution in [1.82, 2.24) is 9.13 Å². The zero-order valence-corrected chi connectivity index (χ0v) is 15.8. The van der Waals surface area contributed by atoms with Crippen LogP contribution in [0.4, 0.5) is 5.69 Å². The molecule has 0 radical (unpaired) electrons. The first-order chi connectivity index (χ1) is 12.5. The van der Waals surface area contributed by atoms with Crippen molar-refractivity contribution in [3.8, 4) is 11.6 Å². The predicted molar refractivity (Wildman–Crippen MR) is 103 cm³/mol. The maximum atomic E-state index is 13.0. The Morgan fingerprint density at radius 3 is 2.42 bits per heavy atom. The van der Waals surface area contributed by atoms with E-state index in [-0.39, 0.29) is 11.4 Å². The van der Waals surface area contributed by atoms with Crippen LogP contribution in [-0.4, -0.2) is 9.13 Å². The van der Waals surface area contributed by atoms with E-state index < -0.39 is 11.7 Å². The molecule has 26 heavy (non-hydrogen) atoms. The molecule has 1 atom stereocenters. The van der Waals surface area contributed by atoms with E-state index in [0.717, 1.165) is 20.3 Å². The lowest BCUT2D eigenvalue weighted by atomic mass is 10.00. The molecule has 1 aliphatic rings. The summed E-state index contributed by atoms with van der Waals surface area (Å²) in [4.78, 5) is 25.4. The fraction of sp³-hybridized carbons (Fsp3) is 0.158. The summed E-state index contributed by atoms with van der Waals surface area (Å²) in [6.45, 7) is 0. The molecule has 7 heteroatoms. The molecule has 6 nitrogen and oxygen atoms in total. The lowest BCUT2D eigenvalue weighted by molar-refractivity contribution is 0.420. The van der Waals surface area contributed by atoms with Crippen molar-refractivity contribution in [2.24, 2.45) is 14.1 Å². The van der Waals surface area contributed by atoms with E-state index in [1.54, 1.807) is 13.1 Å². The van der Waals surface area contributed by atoms with Gasteiger partial charge in [-0.3, -0.25) is 13.9 Å².